The first-order valence-electron chi connectivity index (χ1n) is 12.8. The van der Waals surface area contributed by atoms with Crippen molar-refractivity contribution < 1.29 is 21.2 Å². The van der Waals surface area contributed by atoms with Crippen molar-refractivity contribution in [3.63, 3.8) is 0 Å². The number of nitrogens with zero attached hydrogens (tertiary/aromatic N) is 4. The first kappa shape index (κ1) is 31.3. The molecule has 0 spiro atoms. The summed E-state index contributed by atoms with van der Waals surface area (Å²) < 4.78 is 60.8. The molecule has 43 heavy (non-hydrogen) atoms. The van der Waals surface area contributed by atoms with Crippen molar-refractivity contribution in [2.24, 2.45) is 10.2 Å². The Hall–Kier alpha value is -4.69. The van der Waals surface area contributed by atoms with Crippen LogP contribution in [0.5, 0.6) is 0 Å². The van der Waals surface area contributed by atoms with Gasteiger partial charge in [0.05, 0.1) is 21.2 Å². The lowest BCUT2D eigenvalue weighted by atomic mass is 10.1. The first-order chi connectivity index (χ1) is 20.2. The van der Waals surface area contributed by atoms with Crippen molar-refractivity contribution in [3.8, 4) is 0 Å². The fraction of sp³-hybridized carbons (Fsp3) is 0.172. The highest BCUT2D eigenvalue weighted by Gasteiger charge is 2.10. The number of hydrogen-bond acceptors (Lipinski definition) is 11. The maximum Gasteiger partial charge on any atom is 0.231 e. The van der Waals surface area contributed by atoms with Crippen molar-refractivity contribution in [1.82, 2.24) is 9.97 Å². The molecule has 1 aromatic heterocycles. The fourth-order valence-electron chi connectivity index (χ4n) is 3.77. The predicted molar refractivity (Wildman–Crippen MR) is 167 cm³/mol. The Bertz CT molecular complexity index is 1820. The lowest BCUT2D eigenvalue weighted by Gasteiger charge is -2.11. The molecule has 1 heterocycles. The molecule has 0 aliphatic heterocycles. The van der Waals surface area contributed by atoms with E-state index in [1.54, 1.807) is 63.2 Å². The maximum absolute atomic E-state index is 13.8. The van der Waals surface area contributed by atoms with Crippen LogP contribution in [-0.2, 0) is 19.7 Å². The molecule has 0 atom stereocenters. The minimum Gasteiger partial charge on any atom is -0.324 e. The van der Waals surface area contributed by atoms with E-state index in [4.69, 9.17) is 0 Å². The number of rotatable bonds is 10. The Balaban J connectivity index is 1.61. The molecule has 0 saturated carbocycles. The van der Waals surface area contributed by atoms with Gasteiger partial charge in [0, 0.05) is 24.3 Å². The smallest absolute Gasteiger partial charge is 0.231 e. The fourth-order valence-corrected chi connectivity index (χ4v) is 5.03. The molecule has 224 valence electrons. The largest absolute Gasteiger partial charge is 0.324 e. The zero-order chi connectivity index (χ0) is 31.4. The Morgan fingerprint density at radius 2 is 1.14 bits per heavy atom. The number of hydrogen-bond donors (Lipinski definition) is 3. The van der Waals surface area contributed by atoms with Gasteiger partial charge in [-0.15, -0.1) is 0 Å². The van der Waals surface area contributed by atoms with Crippen molar-refractivity contribution in [1.29, 1.82) is 0 Å². The molecule has 4 aromatic rings. The molecule has 0 amide bonds. The highest BCUT2D eigenvalue weighted by atomic mass is 32.2. The Labute approximate surface area is 249 Å². The molecule has 3 N–H and O–H groups in total. The van der Waals surface area contributed by atoms with Crippen LogP contribution in [0.25, 0.3) is 0 Å². The number of hydrazone groups is 2. The highest BCUT2D eigenvalue weighted by Crippen LogP contribution is 2.21. The van der Waals surface area contributed by atoms with E-state index in [0.29, 0.717) is 45.4 Å². The van der Waals surface area contributed by atoms with Crippen molar-refractivity contribution in [3.05, 3.63) is 95.3 Å². The second-order valence-electron chi connectivity index (χ2n) is 9.76. The van der Waals surface area contributed by atoms with Crippen LogP contribution in [0.15, 0.2) is 92.8 Å². The van der Waals surface area contributed by atoms with Gasteiger partial charge in [0.15, 0.2) is 31.3 Å². The number of aromatic nitrogens is 2. The lowest BCUT2D eigenvalue weighted by Crippen LogP contribution is -2.07. The van der Waals surface area contributed by atoms with Crippen molar-refractivity contribution >= 4 is 54.4 Å². The SMILES string of the molecule is CC(=NNc1cc(NN=C(C)c2ccc(S(C)(=O)=O)cc2)nc(Nc2ccc(F)c(C)c2)n1)c1ccc(S(C)(=O)=O)cc1. The van der Waals surface area contributed by atoms with Gasteiger partial charge in [-0.25, -0.2) is 21.2 Å². The zero-order valence-electron chi connectivity index (χ0n) is 24.0. The second-order valence-corrected chi connectivity index (χ2v) is 13.8. The molecule has 0 radical (unpaired) electrons. The molecular formula is C29H30FN7O4S2. The van der Waals surface area contributed by atoms with Crippen molar-refractivity contribution in [2.75, 3.05) is 28.7 Å². The van der Waals surface area contributed by atoms with Gasteiger partial charge >= 0.3 is 0 Å². The van der Waals surface area contributed by atoms with E-state index in [9.17, 15) is 21.2 Å². The van der Waals surface area contributed by atoms with Gasteiger partial charge in [-0.3, -0.25) is 10.9 Å². The Morgan fingerprint density at radius 3 is 1.53 bits per heavy atom. The average molecular weight is 624 g/mol. The van der Waals surface area contributed by atoms with E-state index in [1.165, 1.54) is 30.3 Å². The summed E-state index contributed by atoms with van der Waals surface area (Å²) in [6, 6.07) is 18.8. The number of anilines is 4. The summed E-state index contributed by atoms with van der Waals surface area (Å²) in [4.78, 5) is 9.32. The third-order valence-electron chi connectivity index (χ3n) is 6.22. The lowest BCUT2D eigenvalue weighted by molar-refractivity contribution is 0.600. The van der Waals surface area contributed by atoms with Gasteiger partial charge in [0.2, 0.25) is 5.95 Å². The molecular weight excluding hydrogens is 593 g/mol. The quantitative estimate of drug-likeness (QED) is 0.161. The van der Waals surface area contributed by atoms with E-state index in [2.05, 4.69) is 36.3 Å². The number of benzene rings is 3. The topological polar surface area (TPSA) is 155 Å². The van der Waals surface area contributed by atoms with Gasteiger partial charge in [-0.2, -0.15) is 20.2 Å². The van der Waals surface area contributed by atoms with E-state index >= 15 is 0 Å². The summed E-state index contributed by atoms with van der Waals surface area (Å²) in [6.07, 6.45) is 2.29. The average Bonchev–Trinajstić information content (AvgIpc) is 2.96. The molecule has 4 rings (SSSR count). The van der Waals surface area contributed by atoms with Gasteiger partial charge < -0.3 is 5.32 Å². The van der Waals surface area contributed by atoms with Gasteiger partial charge in [-0.05, 0) is 79.9 Å². The normalized spacial score (nSPS) is 12.6. The van der Waals surface area contributed by atoms with Crippen LogP contribution in [0.3, 0.4) is 0 Å². The maximum atomic E-state index is 13.8. The van der Waals surface area contributed by atoms with Crippen LogP contribution in [0.4, 0.5) is 27.7 Å². The molecule has 0 bridgehead atoms. The first-order valence-corrected chi connectivity index (χ1v) is 16.6. The molecule has 0 aliphatic carbocycles. The minimum atomic E-state index is -3.32. The minimum absolute atomic E-state index is 0.175. The molecule has 3 aromatic carbocycles. The van der Waals surface area contributed by atoms with Crippen LogP contribution in [0.1, 0.15) is 30.5 Å². The number of nitrogens with one attached hydrogen (secondary N) is 3. The number of sulfone groups is 2. The Kier molecular flexibility index (Phi) is 9.21. The van der Waals surface area contributed by atoms with Crippen LogP contribution in [0, 0.1) is 12.7 Å². The predicted octanol–water partition coefficient (Wildman–Crippen LogP) is 5.15. The third-order valence-corrected chi connectivity index (χ3v) is 8.47. The number of halogens is 1. The molecule has 0 saturated heterocycles. The summed E-state index contributed by atoms with van der Waals surface area (Å²) in [5.41, 5.74) is 9.34. The van der Waals surface area contributed by atoms with Gasteiger partial charge in [0.1, 0.15) is 5.82 Å². The zero-order valence-corrected chi connectivity index (χ0v) is 25.7. The van der Waals surface area contributed by atoms with E-state index in [-0.39, 0.29) is 21.6 Å². The molecule has 0 aliphatic rings. The standard InChI is InChI=1S/C29H30FN7O4S2/c1-18-16-23(10-15-26(18)30)31-29-32-27(36-34-19(2)21-6-11-24(12-7-21)42(4,38)39)17-28(33-29)37-35-20(3)22-8-13-25(14-9-22)43(5,40)41/h6-17H,1-5H3,(H3,31,32,33,36,37). The monoisotopic (exact) mass is 623 g/mol. The van der Waals surface area contributed by atoms with E-state index in [0.717, 1.165) is 12.5 Å². The number of aryl methyl sites for hydroxylation is 1. The van der Waals surface area contributed by atoms with Gasteiger partial charge in [0.25, 0.3) is 0 Å². The van der Waals surface area contributed by atoms with Crippen LogP contribution in [0.2, 0.25) is 0 Å². The van der Waals surface area contributed by atoms with Crippen molar-refractivity contribution in [2.45, 2.75) is 30.6 Å². The van der Waals surface area contributed by atoms with Crippen LogP contribution in [-0.4, -0.2) is 50.7 Å². The summed E-state index contributed by atoms with van der Waals surface area (Å²) in [7, 11) is -6.64. The highest BCUT2D eigenvalue weighted by molar-refractivity contribution is 7.91. The van der Waals surface area contributed by atoms with E-state index in [1.807, 2.05) is 0 Å². The third kappa shape index (κ3) is 8.42. The van der Waals surface area contributed by atoms with E-state index < -0.39 is 19.7 Å². The molecule has 11 nitrogen and oxygen atoms in total. The molecule has 14 heteroatoms. The summed E-state index contributed by atoms with van der Waals surface area (Å²) in [5, 5.41) is 11.8. The van der Waals surface area contributed by atoms with Crippen LogP contribution >= 0.6 is 0 Å². The second kappa shape index (κ2) is 12.7. The molecule has 0 unspecified atom stereocenters. The van der Waals surface area contributed by atoms with Gasteiger partial charge in [-0.1, -0.05) is 24.3 Å². The summed E-state index contributed by atoms with van der Waals surface area (Å²) in [6.45, 7) is 5.16. The summed E-state index contributed by atoms with van der Waals surface area (Å²) in [5.74, 6) is 0.440. The Morgan fingerprint density at radius 1 is 0.698 bits per heavy atom. The molecule has 0 fully saturated rings. The summed E-state index contributed by atoms with van der Waals surface area (Å²) >= 11 is 0. The van der Waals surface area contributed by atoms with Crippen LogP contribution < -0.4 is 16.2 Å².